The summed E-state index contributed by atoms with van der Waals surface area (Å²) in [5, 5.41) is 0. The molecule has 34 heavy (non-hydrogen) atoms. The van der Waals surface area contributed by atoms with Crippen LogP contribution in [-0.4, -0.2) is 46.9 Å². The van der Waals surface area contributed by atoms with E-state index < -0.39 is 11.7 Å². The van der Waals surface area contributed by atoms with E-state index in [1.807, 2.05) is 39.0 Å². The van der Waals surface area contributed by atoms with Crippen LogP contribution in [0.5, 0.6) is 5.88 Å². The molecular formula is C25H28F3N3O3. The van der Waals surface area contributed by atoms with E-state index in [0.717, 1.165) is 18.7 Å². The Bertz CT molecular complexity index is 1070. The van der Waals surface area contributed by atoms with Crippen LogP contribution >= 0.6 is 0 Å². The maximum Gasteiger partial charge on any atom is 0.417 e. The average molecular weight is 476 g/mol. The zero-order valence-corrected chi connectivity index (χ0v) is 19.6. The molecule has 1 amide bonds. The molecule has 2 aromatic rings. The highest BCUT2D eigenvalue weighted by Gasteiger charge is 2.31. The smallest absolute Gasteiger partial charge is 0.417 e. The zero-order chi connectivity index (χ0) is 24.9. The number of halogens is 3. The molecule has 2 unspecified atom stereocenters. The molecule has 2 heterocycles. The van der Waals surface area contributed by atoms with Gasteiger partial charge in [0.1, 0.15) is 12.4 Å². The van der Waals surface area contributed by atoms with Gasteiger partial charge in [-0.2, -0.15) is 13.2 Å². The first kappa shape index (κ1) is 25.3. The molecular weight excluding hydrogens is 447 g/mol. The van der Waals surface area contributed by atoms with Gasteiger partial charge < -0.3 is 14.4 Å². The van der Waals surface area contributed by atoms with Gasteiger partial charge in [0.15, 0.2) is 5.90 Å². The van der Waals surface area contributed by atoms with Gasteiger partial charge in [-0.25, -0.2) is 9.98 Å². The number of aromatic nitrogens is 1. The molecule has 1 aliphatic heterocycles. The minimum atomic E-state index is -4.46. The van der Waals surface area contributed by atoms with Crippen molar-refractivity contribution in [3.05, 3.63) is 65.4 Å². The Kier molecular flexibility index (Phi) is 7.96. The third kappa shape index (κ3) is 5.95. The van der Waals surface area contributed by atoms with E-state index in [1.165, 1.54) is 6.07 Å². The van der Waals surface area contributed by atoms with Crippen LogP contribution in [0.4, 0.5) is 13.2 Å². The highest BCUT2D eigenvalue weighted by molar-refractivity contribution is 6.00. The number of carbonyl (C=O) groups is 1. The second-order valence-electron chi connectivity index (χ2n) is 7.94. The van der Waals surface area contributed by atoms with Crippen molar-refractivity contribution in [3.8, 4) is 5.88 Å². The number of alkyl halides is 3. The SMILES string of the molecule is CCC1C=C(c2ccccc2C(=O)N(CC)C(C)COc2ccc(C(F)(F)F)cn2)OC(C)=N1. The van der Waals surface area contributed by atoms with Crippen LogP contribution in [0.2, 0.25) is 0 Å². The number of hydrogen-bond acceptors (Lipinski definition) is 5. The van der Waals surface area contributed by atoms with Crippen molar-refractivity contribution in [1.82, 2.24) is 9.88 Å². The van der Waals surface area contributed by atoms with Crippen LogP contribution in [-0.2, 0) is 10.9 Å². The summed E-state index contributed by atoms with van der Waals surface area (Å²) in [6.07, 6.45) is -1.01. The van der Waals surface area contributed by atoms with Crippen molar-refractivity contribution in [2.75, 3.05) is 13.2 Å². The quantitative estimate of drug-likeness (QED) is 0.499. The highest BCUT2D eigenvalue weighted by Crippen LogP contribution is 2.29. The maximum atomic E-state index is 13.5. The third-order valence-electron chi connectivity index (χ3n) is 5.46. The Labute approximate surface area is 197 Å². The average Bonchev–Trinajstić information content (AvgIpc) is 2.82. The largest absolute Gasteiger partial charge is 0.475 e. The number of likely N-dealkylation sites (N-methyl/N-ethyl adjacent to an activating group) is 1. The number of ether oxygens (including phenoxy) is 2. The van der Waals surface area contributed by atoms with Crippen LogP contribution in [0.1, 0.15) is 55.6 Å². The van der Waals surface area contributed by atoms with Gasteiger partial charge in [-0.05, 0) is 38.5 Å². The Morgan fingerprint density at radius 2 is 1.94 bits per heavy atom. The summed E-state index contributed by atoms with van der Waals surface area (Å²) in [5.41, 5.74) is 0.315. The highest BCUT2D eigenvalue weighted by atomic mass is 19.4. The van der Waals surface area contributed by atoms with Gasteiger partial charge in [-0.3, -0.25) is 4.79 Å². The number of aliphatic imine (C=N–C) groups is 1. The topological polar surface area (TPSA) is 64.0 Å². The Balaban J connectivity index is 1.75. The lowest BCUT2D eigenvalue weighted by Gasteiger charge is -2.29. The molecule has 0 saturated carbocycles. The first-order valence-corrected chi connectivity index (χ1v) is 11.1. The summed E-state index contributed by atoms with van der Waals surface area (Å²) in [6.45, 7) is 7.97. The summed E-state index contributed by atoms with van der Waals surface area (Å²) < 4.78 is 49.6. The first-order valence-electron chi connectivity index (χ1n) is 11.1. The van der Waals surface area contributed by atoms with Crippen molar-refractivity contribution >= 4 is 17.6 Å². The fourth-order valence-corrected chi connectivity index (χ4v) is 3.64. The Morgan fingerprint density at radius 3 is 2.56 bits per heavy atom. The van der Waals surface area contributed by atoms with Gasteiger partial charge in [0, 0.05) is 31.3 Å². The second-order valence-corrected chi connectivity index (χ2v) is 7.94. The normalized spacial score (nSPS) is 16.7. The Morgan fingerprint density at radius 1 is 1.21 bits per heavy atom. The van der Waals surface area contributed by atoms with Gasteiger partial charge in [-0.1, -0.05) is 25.1 Å². The standard InChI is InChI=1S/C25H28F3N3O3/c1-5-19-13-22(34-17(4)30-19)20-9-7-8-10-21(20)24(32)31(6-2)16(3)15-33-23-12-11-18(14-29-23)25(26,27)28/h7-14,16,19H,5-6,15H2,1-4H3. The molecule has 0 fully saturated rings. The van der Waals surface area contributed by atoms with Gasteiger partial charge in [0.2, 0.25) is 5.88 Å². The third-order valence-corrected chi connectivity index (χ3v) is 5.46. The van der Waals surface area contributed by atoms with Crippen molar-refractivity contribution in [3.63, 3.8) is 0 Å². The number of pyridine rings is 1. The molecule has 2 atom stereocenters. The van der Waals surface area contributed by atoms with E-state index in [2.05, 4.69) is 9.98 Å². The molecule has 0 aliphatic carbocycles. The molecule has 0 N–H and O–H groups in total. The van der Waals surface area contributed by atoms with Crippen molar-refractivity contribution < 1.29 is 27.4 Å². The number of nitrogens with zero attached hydrogens (tertiary/aromatic N) is 3. The van der Waals surface area contributed by atoms with Crippen molar-refractivity contribution in [2.45, 2.75) is 52.4 Å². The fourth-order valence-electron chi connectivity index (χ4n) is 3.64. The molecule has 0 bridgehead atoms. The molecule has 3 rings (SSSR count). The lowest BCUT2D eigenvalue weighted by molar-refractivity contribution is -0.137. The summed E-state index contributed by atoms with van der Waals surface area (Å²) in [4.78, 5) is 23.3. The second kappa shape index (κ2) is 10.7. The molecule has 1 aromatic heterocycles. The van der Waals surface area contributed by atoms with E-state index in [4.69, 9.17) is 9.47 Å². The predicted molar refractivity (Wildman–Crippen MR) is 124 cm³/mol. The van der Waals surface area contributed by atoms with Crippen molar-refractivity contribution in [1.29, 1.82) is 0 Å². The minimum absolute atomic E-state index is 0.0160. The summed E-state index contributed by atoms with van der Waals surface area (Å²) in [5.74, 6) is 0.999. The molecule has 1 aliphatic rings. The monoisotopic (exact) mass is 475 g/mol. The number of rotatable bonds is 8. The lowest BCUT2D eigenvalue weighted by Crippen LogP contribution is -2.42. The van der Waals surface area contributed by atoms with Crippen LogP contribution < -0.4 is 4.74 Å². The van der Waals surface area contributed by atoms with E-state index >= 15 is 0 Å². The van der Waals surface area contributed by atoms with Crippen LogP contribution in [0.25, 0.3) is 5.76 Å². The summed E-state index contributed by atoms with van der Waals surface area (Å²) in [6, 6.07) is 8.93. The first-order chi connectivity index (χ1) is 16.1. The van der Waals surface area contributed by atoms with E-state index in [9.17, 15) is 18.0 Å². The number of hydrogen-bond donors (Lipinski definition) is 0. The van der Waals surface area contributed by atoms with Crippen LogP contribution in [0, 0.1) is 0 Å². The van der Waals surface area contributed by atoms with Crippen molar-refractivity contribution in [2.24, 2.45) is 4.99 Å². The number of carbonyl (C=O) groups excluding carboxylic acids is 1. The Hall–Kier alpha value is -3.36. The van der Waals surface area contributed by atoms with Gasteiger partial charge in [0.25, 0.3) is 5.91 Å². The number of amides is 1. The zero-order valence-electron chi connectivity index (χ0n) is 19.6. The molecule has 0 spiro atoms. The molecule has 0 saturated heterocycles. The fraction of sp³-hybridized carbons (Fsp3) is 0.400. The maximum absolute atomic E-state index is 13.5. The van der Waals surface area contributed by atoms with E-state index in [-0.39, 0.29) is 30.5 Å². The van der Waals surface area contributed by atoms with Gasteiger partial charge in [-0.15, -0.1) is 0 Å². The predicted octanol–water partition coefficient (Wildman–Crippen LogP) is 5.60. The molecule has 0 radical (unpaired) electrons. The lowest BCUT2D eigenvalue weighted by atomic mass is 10.0. The van der Waals surface area contributed by atoms with Gasteiger partial charge in [0.05, 0.1) is 23.2 Å². The van der Waals surface area contributed by atoms with Crippen LogP contribution in [0.15, 0.2) is 53.7 Å². The summed E-state index contributed by atoms with van der Waals surface area (Å²) in [7, 11) is 0. The molecule has 1 aromatic carbocycles. The van der Waals surface area contributed by atoms with E-state index in [1.54, 1.807) is 24.0 Å². The molecule has 9 heteroatoms. The minimum Gasteiger partial charge on any atom is -0.475 e. The molecule has 6 nitrogen and oxygen atoms in total. The summed E-state index contributed by atoms with van der Waals surface area (Å²) >= 11 is 0. The molecule has 182 valence electrons. The van der Waals surface area contributed by atoms with Gasteiger partial charge >= 0.3 is 6.18 Å². The van der Waals surface area contributed by atoms with Crippen LogP contribution in [0.3, 0.4) is 0 Å². The number of benzene rings is 1. The van der Waals surface area contributed by atoms with E-state index in [0.29, 0.717) is 29.3 Å².